The van der Waals surface area contributed by atoms with Crippen LogP contribution in [0.15, 0.2) is 63.7 Å². The summed E-state index contributed by atoms with van der Waals surface area (Å²) in [6, 6.07) is 6.89. The maximum Gasteiger partial charge on any atom is 0.190 e. The van der Waals surface area contributed by atoms with Gasteiger partial charge in [-0.05, 0) is 12.1 Å². The number of Topliss-reactive ketones (excluding diaryl/α,β-unsaturated/α-hetero) is 1. The van der Waals surface area contributed by atoms with Crippen molar-refractivity contribution in [1.29, 1.82) is 0 Å². The van der Waals surface area contributed by atoms with E-state index in [2.05, 4.69) is 31.2 Å². The van der Waals surface area contributed by atoms with Gasteiger partial charge in [-0.25, -0.2) is 13.2 Å². The van der Waals surface area contributed by atoms with Gasteiger partial charge >= 0.3 is 0 Å². The number of anilines is 3. The number of hydrazine groups is 1. The van der Waals surface area contributed by atoms with Crippen molar-refractivity contribution in [2.75, 3.05) is 62.0 Å². The predicted molar refractivity (Wildman–Crippen MR) is 128 cm³/mol. The fraction of sp³-hybridized carbons (Fsp3) is 0.292. The fourth-order valence-corrected chi connectivity index (χ4v) is 4.34. The van der Waals surface area contributed by atoms with Crippen LogP contribution in [0.2, 0.25) is 0 Å². The lowest BCUT2D eigenvalue weighted by molar-refractivity contribution is -0.114. The van der Waals surface area contributed by atoms with Gasteiger partial charge < -0.3 is 20.3 Å². The van der Waals surface area contributed by atoms with E-state index in [9.17, 15) is 18.0 Å². The van der Waals surface area contributed by atoms with Gasteiger partial charge in [0.05, 0.1) is 30.6 Å². The number of halogens is 3. The first-order valence-corrected chi connectivity index (χ1v) is 11.4. The first-order chi connectivity index (χ1) is 17.4. The largest absolute Gasteiger partial charge is 0.494 e. The molecule has 0 aliphatic carbocycles. The molecule has 0 saturated carbocycles. The van der Waals surface area contributed by atoms with Gasteiger partial charge in [0, 0.05) is 56.3 Å². The molecular formula is C24H24F3N7O2. The van der Waals surface area contributed by atoms with Crippen molar-refractivity contribution >= 4 is 22.8 Å². The van der Waals surface area contributed by atoms with Gasteiger partial charge in [0.1, 0.15) is 29.5 Å². The number of nitrogens with one attached hydrogen (secondary N) is 3. The third-order valence-corrected chi connectivity index (χ3v) is 6.05. The minimum Gasteiger partial charge on any atom is -0.494 e. The highest BCUT2D eigenvalue weighted by atomic mass is 19.1. The number of ether oxygens (including phenoxy) is 1. The molecule has 1 fully saturated rings. The molecule has 0 bridgehead atoms. The van der Waals surface area contributed by atoms with Crippen LogP contribution in [0.4, 0.5) is 30.2 Å². The lowest BCUT2D eigenvalue weighted by atomic mass is 10.0. The molecule has 0 aromatic heterocycles. The Morgan fingerprint density at radius 1 is 1.08 bits per heavy atom. The van der Waals surface area contributed by atoms with Gasteiger partial charge in [-0.3, -0.25) is 15.2 Å². The van der Waals surface area contributed by atoms with E-state index < -0.39 is 23.1 Å². The van der Waals surface area contributed by atoms with Crippen LogP contribution in [0.3, 0.4) is 0 Å². The molecule has 36 heavy (non-hydrogen) atoms. The third kappa shape index (κ3) is 4.71. The number of nitrogens with zero attached hydrogens (tertiary/aromatic N) is 4. The molecule has 9 nitrogen and oxygen atoms in total. The summed E-state index contributed by atoms with van der Waals surface area (Å²) in [7, 11) is 1.56. The smallest absolute Gasteiger partial charge is 0.190 e. The summed E-state index contributed by atoms with van der Waals surface area (Å²) in [6.07, 6.45) is 1.42. The van der Waals surface area contributed by atoms with Crippen LogP contribution in [0.5, 0.6) is 5.75 Å². The van der Waals surface area contributed by atoms with Crippen LogP contribution in [-0.2, 0) is 4.79 Å². The number of allylic oxidation sites excluding steroid dienone is 1. The summed E-state index contributed by atoms with van der Waals surface area (Å²) in [5, 5.41) is 15.8. The number of methoxy groups -OCH3 is 1. The van der Waals surface area contributed by atoms with E-state index in [1.165, 1.54) is 11.2 Å². The summed E-state index contributed by atoms with van der Waals surface area (Å²) in [5.74, 6) is -2.90. The zero-order chi connectivity index (χ0) is 25.2. The number of carbonyl (C=O) groups is 1. The number of carbonyl (C=O) groups excluding carboxylic acids is 1. The molecule has 1 saturated heterocycles. The van der Waals surface area contributed by atoms with Crippen LogP contribution in [0, 0.1) is 17.5 Å². The van der Waals surface area contributed by atoms with Crippen LogP contribution in [-0.4, -0.2) is 57.2 Å². The molecule has 188 valence electrons. The molecule has 3 N–H and O–H groups in total. The molecule has 0 unspecified atom stereocenters. The average Bonchev–Trinajstić information content (AvgIpc) is 2.87. The molecule has 2 aromatic carbocycles. The minimum atomic E-state index is -1.10. The van der Waals surface area contributed by atoms with Crippen molar-refractivity contribution < 1.29 is 22.7 Å². The number of azo groups is 1. The Hall–Kier alpha value is -4.06. The lowest BCUT2D eigenvalue weighted by Crippen LogP contribution is -2.43. The molecule has 5 rings (SSSR count). The van der Waals surface area contributed by atoms with E-state index in [0.29, 0.717) is 34.8 Å². The monoisotopic (exact) mass is 499 g/mol. The van der Waals surface area contributed by atoms with Crippen LogP contribution >= 0.6 is 0 Å². The van der Waals surface area contributed by atoms with Gasteiger partial charge in [0.15, 0.2) is 17.4 Å². The number of hydrogen-bond donors (Lipinski definition) is 3. The quantitative estimate of drug-likeness (QED) is 0.561. The highest BCUT2D eigenvalue weighted by Crippen LogP contribution is 2.34. The summed E-state index contributed by atoms with van der Waals surface area (Å²) in [5.41, 5.74) is 4.68. The Balaban J connectivity index is 1.45. The van der Waals surface area contributed by atoms with Crippen LogP contribution in [0.25, 0.3) is 0 Å². The summed E-state index contributed by atoms with van der Waals surface area (Å²) >= 11 is 0. The summed E-state index contributed by atoms with van der Waals surface area (Å²) in [6.45, 7) is 3.45. The fourth-order valence-electron chi connectivity index (χ4n) is 4.34. The highest BCUT2D eigenvalue weighted by Gasteiger charge is 2.30. The van der Waals surface area contributed by atoms with Crippen LogP contribution < -0.4 is 25.7 Å². The van der Waals surface area contributed by atoms with E-state index in [1.54, 1.807) is 7.11 Å². The first kappa shape index (κ1) is 23.7. The van der Waals surface area contributed by atoms with Crippen molar-refractivity contribution in [1.82, 2.24) is 10.3 Å². The van der Waals surface area contributed by atoms with Crippen molar-refractivity contribution in [3.05, 3.63) is 71.0 Å². The molecule has 2 aromatic rings. The second-order valence-corrected chi connectivity index (χ2v) is 8.42. The molecule has 12 heteroatoms. The maximum atomic E-state index is 14.3. The second-order valence-electron chi connectivity index (χ2n) is 8.42. The number of ketones is 1. The van der Waals surface area contributed by atoms with Crippen LogP contribution in [0.1, 0.15) is 0 Å². The number of rotatable bonds is 6. The molecular weight excluding hydrogens is 475 g/mol. The molecule has 3 aliphatic heterocycles. The van der Waals surface area contributed by atoms with E-state index in [-0.39, 0.29) is 24.6 Å². The van der Waals surface area contributed by atoms with E-state index in [4.69, 9.17) is 4.74 Å². The first-order valence-electron chi connectivity index (χ1n) is 11.4. The number of piperazine rings is 1. The standard InChI is InChI=1S/C24H24F3N7O2/c1-36-22-10-15(33-6-4-28-5-7-33)2-3-18(22)30-19-12-34(13-20-23(19)21(35)11-29-31-20)32-24-16(26)8-14(25)9-17(24)27/h2-3,8-10,13,28,30,32H,4-7,11-12H2,1H3. The molecule has 0 radical (unpaired) electrons. The molecule has 3 heterocycles. The van der Waals surface area contributed by atoms with Crippen molar-refractivity contribution in [2.24, 2.45) is 10.2 Å². The van der Waals surface area contributed by atoms with Crippen molar-refractivity contribution in [3.63, 3.8) is 0 Å². The molecule has 0 amide bonds. The third-order valence-electron chi connectivity index (χ3n) is 6.05. The van der Waals surface area contributed by atoms with Gasteiger partial charge in [-0.1, -0.05) is 0 Å². The van der Waals surface area contributed by atoms with Gasteiger partial charge in [0.25, 0.3) is 0 Å². The van der Waals surface area contributed by atoms with E-state index >= 15 is 0 Å². The SMILES string of the molecule is COc1cc(N2CCNCC2)ccc1NC1=C2C(=O)CN=NC2=CN(Nc2c(F)cc(F)cc2F)C1. The van der Waals surface area contributed by atoms with Gasteiger partial charge in [-0.2, -0.15) is 10.2 Å². The van der Waals surface area contributed by atoms with E-state index in [1.807, 2.05) is 18.2 Å². The number of benzene rings is 2. The Morgan fingerprint density at radius 3 is 2.56 bits per heavy atom. The normalized spacial score (nSPS) is 17.7. The average molecular weight is 499 g/mol. The molecule has 0 spiro atoms. The Labute approximate surface area is 205 Å². The van der Waals surface area contributed by atoms with Gasteiger partial charge in [0.2, 0.25) is 0 Å². The lowest BCUT2D eigenvalue weighted by Gasteiger charge is -2.32. The summed E-state index contributed by atoms with van der Waals surface area (Å²) < 4.78 is 47.5. The zero-order valence-electron chi connectivity index (χ0n) is 19.4. The highest BCUT2D eigenvalue weighted by molar-refractivity contribution is 6.03. The Kier molecular flexibility index (Phi) is 6.51. The minimum absolute atomic E-state index is 0.0268. The zero-order valence-corrected chi connectivity index (χ0v) is 19.4. The predicted octanol–water partition coefficient (Wildman–Crippen LogP) is 3.41. The van der Waals surface area contributed by atoms with Crippen molar-refractivity contribution in [2.45, 2.75) is 0 Å². The Bertz CT molecular complexity index is 1270. The van der Waals surface area contributed by atoms with Gasteiger partial charge in [-0.15, -0.1) is 0 Å². The molecule has 0 atom stereocenters. The van der Waals surface area contributed by atoms with E-state index in [0.717, 1.165) is 31.9 Å². The number of hydrogen-bond acceptors (Lipinski definition) is 9. The second kappa shape index (κ2) is 9.90. The maximum absolute atomic E-state index is 14.3. The Morgan fingerprint density at radius 2 is 1.83 bits per heavy atom. The molecule has 3 aliphatic rings. The topological polar surface area (TPSA) is 93.6 Å². The number of fused-ring (bicyclic) bond motifs is 1. The van der Waals surface area contributed by atoms with Crippen molar-refractivity contribution in [3.8, 4) is 5.75 Å². The summed E-state index contributed by atoms with van der Waals surface area (Å²) in [4.78, 5) is 15.0.